The first kappa shape index (κ1) is 14.7. The predicted molar refractivity (Wildman–Crippen MR) is 77.7 cm³/mol. The van der Waals surface area contributed by atoms with Crippen molar-refractivity contribution in [3.63, 3.8) is 0 Å². The van der Waals surface area contributed by atoms with Gasteiger partial charge in [0.25, 0.3) is 5.91 Å². The molecule has 0 atom stereocenters. The summed E-state index contributed by atoms with van der Waals surface area (Å²) in [5.41, 5.74) is 6.52. The minimum atomic E-state index is -0.512. The number of hydrogen-bond donors (Lipinski definition) is 3. The third-order valence-electron chi connectivity index (χ3n) is 3.79. The molecule has 0 aromatic carbocycles. The SMILES string of the molecule is COCC1(CNc2ccnc(C(N)=O)c2)CCNCC1. The van der Waals surface area contributed by atoms with E-state index in [2.05, 4.69) is 15.6 Å². The van der Waals surface area contributed by atoms with Gasteiger partial charge < -0.3 is 21.1 Å². The van der Waals surface area contributed by atoms with Crippen LogP contribution in [0.4, 0.5) is 5.69 Å². The van der Waals surface area contributed by atoms with Gasteiger partial charge in [0.2, 0.25) is 0 Å². The number of nitrogens with zero attached hydrogens (tertiary/aromatic N) is 1. The van der Waals surface area contributed by atoms with Crippen molar-refractivity contribution in [2.75, 3.05) is 38.7 Å². The summed E-state index contributed by atoms with van der Waals surface area (Å²) < 4.78 is 5.38. The van der Waals surface area contributed by atoms with Crippen molar-refractivity contribution in [3.05, 3.63) is 24.0 Å². The molecule has 1 saturated heterocycles. The van der Waals surface area contributed by atoms with E-state index < -0.39 is 5.91 Å². The molecule has 1 aromatic rings. The fourth-order valence-electron chi connectivity index (χ4n) is 2.60. The topological polar surface area (TPSA) is 89.3 Å². The summed E-state index contributed by atoms with van der Waals surface area (Å²) in [7, 11) is 1.74. The van der Waals surface area contributed by atoms with Crippen molar-refractivity contribution in [1.82, 2.24) is 10.3 Å². The highest BCUT2D eigenvalue weighted by molar-refractivity contribution is 5.91. The number of piperidine rings is 1. The molecule has 0 radical (unpaired) electrons. The minimum Gasteiger partial charge on any atom is -0.384 e. The highest BCUT2D eigenvalue weighted by Gasteiger charge is 2.31. The summed E-state index contributed by atoms with van der Waals surface area (Å²) in [6, 6.07) is 3.53. The van der Waals surface area contributed by atoms with Gasteiger partial charge in [-0.25, -0.2) is 0 Å². The maximum absolute atomic E-state index is 11.1. The monoisotopic (exact) mass is 278 g/mol. The number of primary amides is 1. The molecule has 0 spiro atoms. The van der Waals surface area contributed by atoms with Crippen LogP contribution >= 0.6 is 0 Å². The number of methoxy groups -OCH3 is 1. The second kappa shape index (κ2) is 6.67. The predicted octanol–water partition coefficient (Wildman–Crippen LogP) is 0.609. The Kier molecular flexibility index (Phi) is 4.92. The smallest absolute Gasteiger partial charge is 0.267 e. The highest BCUT2D eigenvalue weighted by atomic mass is 16.5. The number of hydrogen-bond acceptors (Lipinski definition) is 5. The maximum atomic E-state index is 11.1. The van der Waals surface area contributed by atoms with Gasteiger partial charge in [-0.05, 0) is 38.1 Å². The minimum absolute atomic E-state index is 0.135. The lowest BCUT2D eigenvalue weighted by molar-refractivity contribution is 0.0636. The quantitative estimate of drug-likeness (QED) is 0.709. The van der Waals surface area contributed by atoms with Gasteiger partial charge in [0.05, 0.1) is 6.61 Å². The van der Waals surface area contributed by atoms with Crippen molar-refractivity contribution in [2.45, 2.75) is 12.8 Å². The van der Waals surface area contributed by atoms with Crippen molar-refractivity contribution < 1.29 is 9.53 Å². The van der Waals surface area contributed by atoms with Gasteiger partial charge in [-0.1, -0.05) is 0 Å². The zero-order valence-corrected chi connectivity index (χ0v) is 11.8. The highest BCUT2D eigenvalue weighted by Crippen LogP contribution is 2.29. The van der Waals surface area contributed by atoms with E-state index in [1.54, 1.807) is 19.4 Å². The standard InChI is InChI=1S/C14H22N4O2/c1-20-10-14(3-6-16-7-4-14)9-18-11-2-5-17-12(8-11)13(15)19/h2,5,8,16H,3-4,6-7,9-10H2,1H3,(H2,15,19)(H,17,18). The summed E-state index contributed by atoms with van der Waals surface area (Å²) in [5.74, 6) is -0.512. The third kappa shape index (κ3) is 3.68. The average Bonchev–Trinajstić information content (AvgIpc) is 2.47. The molecule has 20 heavy (non-hydrogen) atoms. The lowest BCUT2D eigenvalue weighted by Gasteiger charge is -2.37. The molecule has 1 aromatic heterocycles. The van der Waals surface area contributed by atoms with Crippen molar-refractivity contribution in [1.29, 1.82) is 0 Å². The molecule has 1 aliphatic rings. The van der Waals surface area contributed by atoms with Gasteiger partial charge in [0.15, 0.2) is 0 Å². The molecule has 1 aliphatic heterocycles. The van der Waals surface area contributed by atoms with E-state index in [9.17, 15) is 4.79 Å². The maximum Gasteiger partial charge on any atom is 0.267 e. The Morgan fingerprint density at radius 1 is 1.55 bits per heavy atom. The molecular weight excluding hydrogens is 256 g/mol. The van der Waals surface area contributed by atoms with Gasteiger partial charge >= 0.3 is 0 Å². The van der Waals surface area contributed by atoms with Gasteiger partial charge in [-0.3, -0.25) is 9.78 Å². The van der Waals surface area contributed by atoms with Crippen molar-refractivity contribution in [2.24, 2.45) is 11.1 Å². The number of anilines is 1. The molecule has 0 bridgehead atoms. The zero-order valence-electron chi connectivity index (χ0n) is 11.8. The number of nitrogens with one attached hydrogen (secondary N) is 2. The molecule has 6 nitrogen and oxygen atoms in total. The van der Waals surface area contributed by atoms with Gasteiger partial charge in [-0.15, -0.1) is 0 Å². The number of aromatic nitrogens is 1. The summed E-state index contributed by atoms with van der Waals surface area (Å²) in [5, 5.41) is 6.75. The molecule has 2 rings (SSSR count). The van der Waals surface area contributed by atoms with E-state index in [0.717, 1.165) is 44.8 Å². The number of nitrogens with two attached hydrogens (primary N) is 1. The molecule has 6 heteroatoms. The molecule has 0 aliphatic carbocycles. The van der Waals surface area contributed by atoms with E-state index in [1.165, 1.54) is 0 Å². The molecule has 0 saturated carbocycles. The molecule has 1 fully saturated rings. The van der Waals surface area contributed by atoms with E-state index in [1.807, 2.05) is 6.07 Å². The number of rotatable bonds is 6. The van der Waals surface area contributed by atoms with Crippen LogP contribution in [0.5, 0.6) is 0 Å². The Morgan fingerprint density at radius 3 is 2.95 bits per heavy atom. The van der Waals surface area contributed by atoms with Crippen LogP contribution in [0.25, 0.3) is 0 Å². The summed E-state index contributed by atoms with van der Waals surface area (Å²) in [6.07, 6.45) is 3.73. The number of amides is 1. The Balaban J connectivity index is 2.01. The first-order chi connectivity index (χ1) is 9.65. The molecule has 110 valence electrons. The zero-order chi connectivity index (χ0) is 14.4. The lowest BCUT2D eigenvalue weighted by atomic mass is 9.79. The van der Waals surface area contributed by atoms with Crippen LogP contribution < -0.4 is 16.4 Å². The van der Waals surface area contributed by atoms with Gasteiger partial charge in [0.1, 0.15) is 5.69 Å². The van der Waals surface area contributed by atoms with Gasteiger partial charge in [-0.2, -0.15) is 0 Å². The van der Waals surface area contributed by atoms with Crippen molar-refractivity contribution in [3.8, 4) is 0 Å². The molecule has 4 N–H and O–H groups in total. The molecular formula is C14H22N4O2. The fraction of sp³-hybridized carbons (Fsp3) is 0.571. The Hall–Kier alpha value is -1.66. The van der Waals surface area contributed by atoms with Crippen LogP contribution in [0.1, 0.15) is 23.3 Å². The second-order valence-corrected chi connectivity index (χ2v) is 5.33. The first-order valence-electron chi connectivity index (χ1n) is 6.85. The van der Waals surface area contributed by atoms with E-state index in [0.29, 0.717) is 0 Å². The summed E-state index contributed by atoms with van der Waals surface area (Å²) in [4.78, 5) is 15.1. The van der Waals surface area contributed by atoms with Gasteiger partial charge in [0, 0.05) is 31.0 Å². The Bertz CT molecular complexity index is 453. The normalized spacial score (nSPS) is 17.6. The molecule has 2 heterocycles. The summed E-state index contributed by atoms with van der Waals surface area (Å²) >= 11 is 0. The number of pyridine rings is 1. The molecule has 1 amide bonds. The first-order valence-corrected chi connectivity index (χ1v) is 6.85. The summed E-state index contributed by atoms with van der Waals surface area (Å²) in [6.45, 7) is 3.56. The van der Waals surface area contributed by atoms with Crippen LogP contribution in [0.15, 0.2) is 18.3 Å². The van der Waals surface area contributed by atoms with Crippen LogP contribution in [-0.2, 0) is 4.74 Å². The van der Waals surface area contributed by atoms with Crippen LogP contribution in [0.3, 0.4) is 0 Å². The second-order valence-electron chi connectivity index (χ2n) is 5.33. The van der Waals surface area contributed by atoms with Crippen molar-refractivity contribution >= 4 is 11.6 Å². The average molecular weight is 278 g/mol. The van der Waals surface area contributed by atoms with E-state index in [4.69, 9.17) is 10.5 Å². The fourth-order valence-corrected chi connectivity index (χ4v) is 2.60. The lowest BCUT2D eigenvalue weighted by Crippen LogP contribution is -2.44. The Labute approximate surface area is 119 Å². The van der Waals surface area contributed by atoms with Crippen LogP contribution in [0, 0.1) is 5.41 Å². The Morgan fingerprint density at radius 2 is 2.30 bits per heavy atom. The molecule has 0 unspecified atom stereocenters. The van der Waals surface area contributed by atoms with Crippen LogP contribution in [-0.4, -0.2) is 44.2 Å². The third-order valence-corrected chi connectivity index (χ3v) is 3.79. The van der Waals surface area contributed by atoms with E-state index >= 15 is 0 Å². The largest absolute Gasteiger partial charge is 0.384 e. The number of ether oxygens (including phenoxy) is 1. The van der Waals surface area contributed by atoms with E-state index in [-0.39, 0.29) is 11.1 Å². The number of carbonyl (C=O) groups excluding carboxylic acids is 1. The van der Waals surface area contributed by atoms with Crippen LogP contribution in [0.2, 0.25) is 0 Å². The number of carbonyl (C=O) groups is 1.